The van der Waals surface area contributed by atoms with Crippen molar-refractivity contribution in [2.75, 3.05) is 11.4 Å². The van der Waals surface area contributed by atoms with Crippen molar-refractivity contribution in [3.63, 3.8) is 0 Å². The molecule has 1 N–H and O–H groups in total. The van der Waals surface area contributed by atoms with Gasteiger partial charge in [-0.3, -0.25) is 4.79 Å². The van der Waals surface area contributed by atoms with E-state index < -0.39 is 17.2 Å². The predicted octanol–water partition coefficient (Wildman–Crippen LogP) is 3.80. The molecule has 0 atom stereocenters. The molecule has 1 aliphatic carbocycles. The van der Waals surface area contributed by atoms with Gasteiger partial charge in [-0.15, -0.1) is 11.3 Å². The molecular weight excluding hydrogens is 367 g/mol. The molecule has 27 heavy (non-hydrogen) atoms. The first-order valence-corrected chi connectivity index (χ1v) is 9.83. The van der Waals surface area contributed by atoms with Crippen molar-refractivity contribution in [2.24, 2.45) is 0 Å². The first-order valence-electron chi connectivity index (χ1n) is 8.95. The Morgan fingerprint density at radius 2 is 2.11 bits per heavy atom. The summed E-state index contributed by atoms with van der Waals surface area (Å²) in [5.41, 5.74) is 1.36. The maximum atomic E-state index is 14.9. The molecule has 138 valence electrons. The number of nitrogens with zero attached hydrogens (tertiary/aromatic N) is 2. The third-order valence-corrected chi connectivity index (χ3v) is 6.44. The van der Waals surface area contributed by atoms with Crippen LogP contribution >= 0.6 is 11.3 Å². The topological polar surface area (TPSA) is 62.5 Å². The van der Waals surface area contributed by atoms with E-state index in [1.807, 2.05) is 9.47 Å². The Balaban J connectivity index is 1.68. The van der Waals surface area contributed by atoms with E-state index in [9.17, 15) is 19.1 Å². The standard InChI is InChI=1S/C20H17FN2O3S/c21-15-7-13-16(23(12-1-2-12)10-14(19(13)24)20(25)26)8-17(15)22-5-3-18-11(9-22)4-6-27-18/h4,6-8,10,12H,1-3,5,9H2,(H,25,26). The minimum atomic E-state index is -1.28. The summed E-state index contributed by atoms with van der Waals surface area (Å²) in [6.45, 7) is 1.36. The molecule has 1 saturated carbocycles. The van der Waals surface area contributed by atoms with Crippen LogP contribution in [0.2, 0.25) is 0 Å². The SMILES string of the molecule is O=C(O)c1cn(C2CC2)c2cc(N3CCc4sccc4C3)c(F)cc2c1=O. The second-order valence-electron chi connectivity index (χ2n) is 7.18. The minimum Gasteiger partial charge on any atom is -0.477 e. The smallest absolute Gasteiger partial charge is 0.341 e. The number of pyridine rings is 1. The number of carboxylic acid groups (broad SMARTS) is 1. The number of thiophene rings is 1. The van der Waals surface area contributed by atoms with Crippen LogP contribution < -0.4 is 10.3 Å². The van der Waals surface area contributed by atoms with E-state index in [-0.39, 0.29) is 17.0 Å². The number of fused-ring (bicyclic) bond motifs is 2. The molecule has 1 fully saturated rings. The average molecular weight is 384 g/mol. The van der Waals surface area contributed by atoms with E-state index in [0.717, 1.165) is 25.8 Å². The zero-order valence-electron chi connectivity index (χ0n) is 14.4. The summed E-state index contributed by atoms with van der Waals surface area (Å²) < 4.78 is 16.8. The van der Waals surface area contributed by atoms with E-state index in [2.05, 4.69) is 11.4 Å². The van der Waals surface area contributed by atoms with Crippen LogP contribution in [0.25, 0.3) is 10.9 Å². The highest BCUT2D eigenvalue weighted by molar-refractivity contribution is 7.10. The highest BCUT2D eigenvalue weighted by Gasteiger charge is 2.28. The fourth-order valence-corrected chi connectivity index (χ4v) is 4.75. The van der Waals surface area contributed by atoms with Gasteiger partial charge in [-0.25, -0.2) is 9.18 Å². The van der Waals surface area contributed by atoms with Crippen molar-refractivity contribution in [1.29, 1.82) is 0 Å². The summed E-state index contributed by atoms with van der Waals surface area (Å²) in [6.07, 6.45) is 4.16. The number of carboxylic acids is 1. The summed E-state index contributed by atoms with van der Waals surface area (Å²) >= 11 is 1.73. The molecular formula is C20H17FN2O3S. The lowest BCUT2D eigenvalue weighted by Gasteiger charge is -2.29. The Morgan fingerprint density at radius 1 is 1.30 bits per heavy atom. The average Bonchev–Trinajstić information content (AvgIpc) is 3.38. The van der Waals surface area contributed by atoms with Gasteiger partial charge in [-0.1, -0.05) is 0 Å². The Hall–Kier alpha value is -2.67. The summed E-state index contributed by atoms with van der Waals surface area (Å²) in [6, 6.07) is 5.17. The van der Waals surface area contributed by atoms with Crippen LogP contribution in [0.5, 0.6) is 0 Å². The second kappa shape index (κ2) is 5.92. The van der Waals surface area contributed by atoms with Gasteiger partial charge in [0, 0.05) is 35.6 Å². The number of aromatic carboxylic acids is 1. The van der Waals surface area contributed by atoms with E-state index >= 15 is 0 Å². The molecule has 1 aliphatic heterocycles. The minimum absolute atomic E-state index is 0.135. The molecule has 0 unspecified atom stereocenters. The maximum Gasteiger partial charge on any atom is 0.341 e. The molecule has 0 amide bonds. The Kier molecular flexibility index (Phi) is 3.62. The quantitative estimate of drug-likeness (QED) is 0.746. The molecule has 2 aliphatic rings. The number of hydrogen-bond donors (Lipinski definition) is 1. The fraction of sp³-hybridized carbons (Fsp3) is 0.300. The van der Waals surface area contributed by atoms with Gasteiger partial charge in [-0.05, 0) is 48.4 Å². The van der Waals surface area contributed by atoms with Gasteiger partial charge < -0.3 is 14.6 Å². The Morgan fingerprint density at radius 3 is 2.85 bits per heavy atom. The molecule has 3 heterocycles. The summed E-state index contributed by atoms with van der Waals surface area (Å²) in [4.78, 5) is 27.3. The second-order valence-corrected chi connectivity index (χ2v) is 8.18. The van der Waals surface area contributed by atoms with Gasteiger partial charge in [0.05, 0.1) is 11.2 Å². The normalized spacial score (nSPS) is 16.6. The van der Waals surface area contributed by atoms with Gasteiger partial charge >= 0.3 is 5.97 Å². The number of anilines is 1. The van der Waals surface area contributed by atoms with Crippen LogP contribution in [0.4, 0.5) is 10.1 Å². The van der Waals surface area contributed by atoms with Crippen LogP contribution in [0.3, 0.4) is 0 Å². The van der Waals surface area contributed by atoms with E-state index in [4.69, 9.17) is 0 Å². The molecule has 0 bridgehead atoms. The summed E-state index contributed by atoms with van der Waals surface area (Å²) in [5, 5.41) is 11.5. The van der Waals surface area contributed by atoms with Gasteiger partial charge in [0.15, 0.2) is 0 Å². The van der Waals surface area contributed by atoms with E-state index in [0.29, 0.717) is 17.7 Å². The Labute approximate surface area is 158 Å². The zero-order chi connectivity index (χ0) is 18.7. The molecule has 5 rings (SSSR count). The molecule has 3 aromatic rings. The van der Waals surface area contributed by atoms with Crippen LogP contribution in [0, 0.1) is 5.82 Å². The Bertz CT molecular complexity index is 1150. The van der Waals surface area contributed by atoms with Crippen LogP contribution in [-0.2, 0) is 13.0 Å². The van der Waals surface area contributed by atoms with Gasteiger partial charge in [0.25, 0.3) is 0 Å². The van der Waals surface area contributed by atoms with Gasteiger partial charge in [-0.2, -0.15) is 0 Å². The third-order valence-electron chi connectivity index (χ3n) is 5.42. The lowest BCUT2D eigenvalue weighted by atomic mass is 10.1. The molecule has 0 saturated heterocycles. The van der Waals surface area contributed by atoms with Gasteiger partial charge in [0.2, 0.25) is 5.43 Å². The molecule has 2 aromatic heterocycles. The van der Waals surface area contributed by atoms with E-state index in [1.54, 1.807) is 17.4 Å². The molecule has 7 heteroatoms. The first-order chi connectivity index (χ1) is 13.0. The number of rotatable bonds is 3. The maximum absolute atomic E-state index is 14.9. The van der Waals surface area contributed by atoms with Crippen LogP contribution in [0.1, 0.15) is 39.7 Å². The largest absolute Gasteiger partial charge is 0.477 e. The first kappa shape index (κ1) is 16.5. The highest BCUT2D eigenvalue weighted by Crippen LogP contribution is 2.38. The third kappa shape index (κ3) is 2.65. The molecule has 0 spiro atoms. The molecule has 5 nitrogen and oxygen atoms in total. The van der Waals surface area contributed by atoms with Crippen molar-refractivity contribution in [3.05, 3.63) is 61.8 Å². The fourth-order valence-electron chi connectivity index (χ4n) is 3.86. The van der Waals surface area contributed by atoms with Crippen LogP contribution in [0.15, 0.2) is 34.6 Å². The van der Waals surface area contributed by atoms with Crippen molar-refractivity contribution < 1.29 is 14.3 Å². The number of hydrogen-bond acceptors (Lipinski definition) is 4. The lowest BCUT2D eigenvalue weighted by Crippen LogP contribution is -2.30. The monoisotopic (exact) mass is 384 g/mol. The lowest BCUT2D eigenvalue weighted by molar-refractivity contribution is 0.0695. The molecule has 1 aromatic carbocycles. The summed E-state index contributed by atoms with van der Waals surface area (Å²) in [7, 11) is 0. The van der Waals surface area contributed by atoms with Crippen molar-refractivity contribution >= 4 is 33.9 Å². The number of halogens is 1. The van der Waals surface area contributed by atoms with E-state index in [1.165, 1.54) is 22.7 Å². The van der Waals surface area contributed by atoms with Crippen molar-refractivity contribution in [3.8, 4) is 0 Å². The number of benzene rings is 1. The molecule has 0 radical (unpaired) electrons. The highest BCUT2D eigenvalue weighted by atomic mass is 32.1. The van der Waals surface area contributed by atoms with Gasteiger partial charge in [0.1, 0.15) is 11.4 Å². The summed E-state index contributed by atoms with van der Waals surface area (Å²) in [5.74, 6) is -1.76. The number of carbonyl (C=O) groups is 1. The predicted molar refractivity (Wildman–Crippen MR) is 102 cm³/mol. The zero-order valence-corrected chi connectivity index (χ0v) is 15.3. The van der Waals surface area contributed by atoms with Crippen molar-refractivity contribution in [2.45, 2.75) is 31.8 Å². The number of aromatic nitrogens is 1. The van der Waals surface area contributed by atoms with Crippen LogP contribution in [-0.4, -0.2) is 22.2 Å². The van der Waals surface area contributed by atoms with Crippen molar-refractivity contribution in [1.82, 2.24) is 4.57 Å².